The van der Waals surface area contributed by atoms with Crippen molar-refractivity contribution in [2.24, 2.45) is 16.5 Å². The van der Waals surface area contributed by atoms with E-state index in [9.17, 15) is 29.7 Å². The van der Waals surface area contributed by atoms with Crippen LogP contribution in [0.2, 0.25) is 0 Å². The normalized spacial score (nSPS) is 20.9. The largest absolute Gasteiger partial charge is 0.477 e. The van der Waals surface area contributed by atoms with E-state index in [0.717, 1.165) is 6.08 Å². The fourth-order valence-corrected chi connectivity index (χ4v) is 3.74. The summed E-state index contributed by atoms with van der Waals surface area (Å²) in [7, 11) is 0. The number of nitrogens with two attached hydrogens (primary N) is 2. The number of hydrogen-bond donors (Lipinski definition) is 7. The van der Waals surface area contributed by atoms with Crippen LogP contribution < -0.4 is 22.1 Å². The molecule has 192 valence electrons. The zero-order valence-corrected chi connectivity index (χ0v) is 19.4. The summed E-state index contributed by atoms with van der Waals surface area (Å²) in [6, 6.07) is -0.644. The van der Waals surface area contributed by atoms with Gasteiger partial charge in [0.05, 0.1) is 18.7 Å². The van der Waals surface area contributed by atoms with Gasteiger partial charge >= 0.3 is 12.1 Å². The average Bonchev–Trinajstić information content (AvgIpc) is 2.80. The van der Waals surface area contributed by atoms with Crippen LogP contribution in [0.3, 0.4) is 0 Å². The average molecular weight is 514 g/mol. The second-order valence-corrected chi connectivity index (χ2v) is 8.18. The number of nitrogens with zero attached hydrogens (tertiary/aromatic N) is 3. The van der Waals surface area contributed by atoms with Crippen molar-refractivity contribution in [3.8, 4) is 0 Å². The number of aliphatic hydroxyl groups is 2. The molecule has 1 aliphatic rings. The van der Waals surface area contributed by atoms with Gasteiger partial charge in [-0.25, -0.2) is 24.5 Å². The van der Waals surface area contributed by atoms with Gasteiger partial charge in [-0.2, -0.15) is 0 Å². The van der Waals surface area contributed by atoms with Crippen molar-refractivity contribution < 1.29 is 39.2 Å². The number of carbonyl (C=O) groups excluding carboxylic acids is 2. The highest BCUT2D eigenvalue weighted by molar-refractivity contribution is 7.99. The summed E-state index contributed by atoms with van der Waals surface area (Å²) in [4.78, 5) is 47.8. The highest BCUT2D eigenvalue weighted by Gasteiger charge is 2.46. The fourth-order valence-electron chi connectivity index (χ4n) is 3.09. The number of rotatable bonds is 11. The number of aliphatic hydroxyl groups excluding tert-OH is 2. The summed E-state index contributed by atoms with van der Waals surface area (Å²) >= 11 is 1.27. The number of thioether (sulfide) groups is 1. The molecule has 1 aliphatic heterocycles. The van der Waals surface area contributed by atoms with Crippen molar-refractivity contribution in [2.45, 2.75) is 42.5 Å². The number of amides is 2. The number of aliphatic imine (C=N–C) groups is 1. The van der Waals surface area contributed by atoms with Crippen LogP contribution in [0.1, 0.15) is 6.92 Å². The van der Waals surface area contributed by atoms with Crippen molar-refractivity contribution in [1.29, 1.82) is 0 Å². The molecule has 35 heavy (non-hydrogen) atoms. The molecular weight excluding hydrogens is 486 g/mol. The molecule has 2 rings (SSSR count). The lowest BCUT2D eigenvalue weighted by molar-refractivity contribution is -0.146. The number of ether oxygens (including phenoxy) is 2. The molecule has 1 aromatic rings. The number of aromatic nitrogens is 2. The molecule has 2 heterocycles. The van der Waals surface area contributed by atoms with Gasteiger partial charge in [-0.15, -0.1) is 0 Å². The Balaban J connectivity index is 2.19. The van der Waals surface area contributed by atoms with Gasteiger partial charge in [0.15, 0.2) is 23.3 Å². The summed E-state index contributed by atoms with van der Waals surface area (Å²) in [5.74, 6) is -2.68. The number of alkyl carbamates (subject to hydrolysis) is 1. The minimum Gasteiger partial charge on any atom is -0.477 e. The Kier molecular flexibility index (Phi) is 10.5. The number of carboxylic acid groups (broad SMARTS) is 1. The molecule has 15 nitrogen and oxygen atoms in total. The first-order chi connectivity index (χ1) is 16.6. The Labute approximate surface area is 204 Å². The van der Waals surface area contributed by atoms with Crippen molar-refractivity contribution in [1.82, 2.24) is 20.6 Å². The minimum absolute atomic E-state index is 0.126. The zero-order chi connectivity index (χ0) is 26.0. The maximum Gasteiger partial charge on any atom is 0.407 e. The van der Waals surface area contributed by atoms with Gasteiger partial charge < -0.3 is 46.9 Å². The maximum atomic E-state index is 12.4. The summed E-state index contributed by atoms with van der Waals surface area (Å²) in [6.07, 6.45) is -1.60. The zero-order valence-electron chi connectivity index (χ0n) is 18.6. The second-order valence-electron chi connectivity index (χ2n) is 7.12. The SMILES string of the molecule is CC(=O)N[C@H]1[C@H]([C@H](OC(=O)NCCSc2ncccn2)[C@H](O)CO)OC(C(=O)O)=C[C@@H]1N=C(N)N. The van der Waals surface area contributed by atoms with Gasteiger partial charge in [-0.1, -0.05) is 11.8 Å². The molecule has 0 aromatic carbocycles. The molecule has 0 spiro atoms. The van der Waals surface area contributed by atoms with Gasteiger partial charge in [0.25, 0.3) is 0 Å². The van der Waals surface area contributed by atoms with Crippen LogP contribution in [0.4, 0.5) is 4.79 Å². The molecule has 0 aliphatic carbocycles. The highest BCUT2D eigenvalue weighted by atomic mass is 32.2. The third-order valence-electron chi connectivity index (χ3n) is 4.46. The lowest BCUT2D eigenvalue weighted by Crippen LogP contribution is -2.61. The molecule has 2 amide bonds. The molecule has 0 fully saturated rings. The van der Waals surface area contributed by atoms with Crippen LogP contribution in [0.5, 0.6) is 0 Å². The summed E-state index contributed by atoms with van der Waals surface area (Å²) in [5.41, 5.74) is 10.9. The lowest BCUT2D eigenvalue weighted by atomic mass is 9.92. The first-order valence-corrected chi connectivity index (χ1v) is 11.2. The topological polar surface area (TPSA) is 245 Å². The van der Waals surface area contributed by atoms with Crippen LogP contribution >= 0.6 is 11.8 Å². The number of hydrogen-bond acceptors (Lipinski definition) is 11. The number of guanidine groups is 1. The molecule has 0 saturated heterocycles. The van der Waals surface area contributed by atoms with Gasteiger partial charge in [-0.3, -0.25) is 4.79 Å². The smallest absolute Gasteiger partial charge is 0.407 e. The Bertz CT molecular complexity index is 944. The maximum absolute atomic E-state index is 12.4. The van der Waals surface area contributed by atoms with Gasteiger partial charge in [-0.05, 0) is 12.1 Å². The number of nitrogens with one attached hydrogen (secondary N) is 2. The van der Waals surface area contributed by atoms with Crippen molar-refractivity contribution in [2.75, 3.05) is 18.9 Å². The standard InChI is InChI=1S/C19H27N7O8S/c1-9(28)25-13-10(26-17(20)21)7-12(16(30)31)33-15(13)14(11(29)8-27)34-19(32)24-5-6-35-18-22-3-2-4-23-18/h2-4,7,10-11,13-15,27,29H,5-6,8H2,1H3,(H,24,32)(H,25,28)(H,30,31)(H4,20,21,26)/t10-,11+,13+,14+,15+/m0/s1. The van der Waals surface area contributed by atoms with E-state index in [-0.39, 0.29) is 6.54 Å². The molecular formula is C19H27N7O8S. The summed E-state index contributed by atoms with van der Waals surface area (Å²) < 4.78 is 10.7. The number of aliphatic carboxylic acids is 1. The molecule has 1 aromatic heterocycles. The monoisotopic (exact) mass is 513 g/mol. The lowest BCUT2D eigenvalue weighted by Gasteiger charge is -2.39. The van der Waals surface area contributed by atoms with Crippen LogP contribution in [-0.2, 0) is 19.1 Å². The second kappa shape index (κ2) is 13.3. The number of carbonyl (C=O) groups is 3. The molecule has 0 bridgehead atoms. The Morgan fingerprint density at radius 3 is 2.57 bits per heavy atom. The van der Waals surface area contributed by atoms with E-state index in [1.165, 1.54) is 18.7 Å². The van der Waals surface area contributed by atoms with Crippen LogP contribution in [-0.4, -0.2) is 98.5 Å². The van der Waals surface area contributed by atoms with E-state index in [1.807, 2.05) is 0 Å². The van der Waals surface area contributed by atoms with Crippen molar-refractivity contribution in [3.05, 3.63) is 30.3 Å². The van der Waals surface area contributed by atoms with Crippen LogP contribution in [0.15, 0.2) is 40.4 Å². The van der Waals surface area contributed by atoms with Crippen molar-refractivity contribution >= 4 is 35.7 Å². The predicted molar refractivity (Wildman–Crippen MR) is 122 cm³/mol. The third-order valence-corrected chi connectivity index (χ3v) is 5.34. The molecule has 0 unspecified atom stereocenters. The first kappa shape index (κ1) is 27.6. The van der Waals surface area contributed by atoms with Crippen LogP contribution in [0.25, 0.3) is 0 Å². The molecule has 9 N–H and O–H groups in total. The van der Waals surface area contributed by atoms with Gasteiger partial charge in [0.1, 0.15) is 6.10 Å². The van der Waals surface area contributed by atoms with E-state index >= 15 is 0 Å². The van der Waals surface area contributed by atoms with Gasteiger partial charge in [0, 0.05) is 31.6 Å². The molecule has 0 saturated carbocycles. The van der Waals surface area contributed by atoms with E-state index in [4.69, 9.17) is 20.9 Å². The van der Waals surface area contributed by atoms with E-state index in [0.29, 0.717) is 10.9 Å². The van der Waals surface area contributed by atoms with Crippen molar-refractivity contribution in [3.63, 3.8) is 0 Å². The first-order valence-electron chi connectivity index (χ1n) is 10.2. The fraction of sp³-hybridized carbons (Fsp3) is 0.474. The highest BCUT2D eigenvalue weighted by Crippen LogP contribution is 2.26. The molecule has 5 atom stereocenters. The molecule has 0 radical (unpaired) electrons. The minimum atomic E-state index is -1.71. The van der Waals surface area contributed by atoms with Gasteiger partial charge in [0.2, 0.25) is 11.7 Å². The summed E-state index contributed by atoms with van der Waals surface area (Å²) in [6.45, 7) is 0.436. The number of carboxylic acids is 1. The van der Waals surface area contributed by atoms with E-state index < -0.39 is 66.7 Å². The van der Waals surface area contributed by atoms with E-state index in [1.54, 1.807) is 18.5 Å². The molecule has 16 heteroatoms. The Morgan fingerprint density at radius 2 is 2.00 bits per heavy atom. The quantitative estimate of drug-likeness (QED) is 0.0534. The Morgan fingerprint density at radius 1 is 1.31 bits per heavy atom. The van der Waals surface area contributed by atoms with Crippen LogP contribution in [0, 0.1) is 0 Å². The third kappa shape index (κ3) is 8.58. The Hall–Kier alpha value is -3.63. The van der Waals surface area contributed by atoms with E-state index in [2.05, 4.69) is 25.6 Å². The predicted octanol–water partition coefficient (Wildman–Crippen LogP) is -2.47. The summed E-state index contributed by atoms with van der Waals surface area (Å²) in [5, 5.41) is 34.8.